The Balaban J connectivity index is 3.11. The van der Waals surface area contributed by atoms with Crippen LogP contribution in [0, 0.1) is 0 Å². The molecule has 0 spiro atoms. The number of halogens is 3. The molecule has 20 heteroatoms. The number of methoxy groups -OCH3 is 1. The van der Waals surface area contributed by atoms with Crippen LogP contribution in [0.5, 0.6) is 0 Å². The van der Waals surface area contributed by atoms with Crippen molar-refractivity contribution >= 4 is 53.4 Å². The number of alkyl halides is 3. The van der Waals surface area contributed by atoms with Crippen LogP contribution in [-0.2, 0) is 66.7 Å². The van der Waals surface area contributed by atoms with Crippen molar-refractivity contribution in [3.05, 3.63) is 30.3 Å². The highest BCUT2D eigenvalue weighted by atomic mass is 19.4. The molecule has 1 aliphatic rings. The Morgan fingerprint density at radius 2 is 1.49 bits per heavy atom. The average Bonchev–Trinajstić information content (AvgIpc) is 3.00. The summed E-state index contributed by atoms with van der Waals surface area (Å²) in [6.07, 6.45) is -16.6. The molecule has 0 unspecified atom stereocenters. The van der Waals surface area contributed by atoms with Crippen molar-refractivity contribution in [2.45, 2.75) is 110 Å². The number of esters is 5. The maximum Gasteiger partial charge on any atom is 0.468 e. The molecule has 53 heavy (non-hydrogen) atoms. The Morgan fingerprint density at radius 1 is 0.906 bits per heavy atom. The number of rotatable bonds is 11. The number of para-hydroxylation sites is 1. The normalized spacial score (nSPS) is 21.5. The molecule has 1 heterocycles. The Bertz CT molecular complexity index is 1560. The van der Waals surface area contributed by atoms with Gasteiger partial charge in [-0.25, -0.2) is 19.5 Å². The topological polar surface area (TPSA) is 209 Å². The SMILES string of the molecule is COC(=O)[C@]1(OC(=Nc2ccccc2)C(F)(F)F)C[C@H](OC(C)=O)[C@@H](N(C(C)=O)C(=O)OC(C)(C)C)[C@H]([C@H](OC(C)=O)[C@@H](COC(C)=O)OC(C)=O)O1. The molecular weight excluding hydrogens is 721 g/mol. The lowest BCUT2D eigenvalue weighted by Crippen LogP contribution is -2.71. The van der Waals surface area contributed by atoms with Crippen LogP contribution in [-0.4, -0.2) is 114 Å². The molecule has 1 aromatic carbocycles. The van der Waals surface area contributed by atoms with Crippen LogP contribution < -0.4 is 0 Å². The third-order valence-corrected chi connectivity index (χ3v) is 6.81. The first-order chi connectivity index (χ1) is 24.4. The van der Waals surface area contributed by atoms with Gasteiger partial charge in [0.1, 0.15) is 30.5 Å². The Kier molecular flexibility index (Phi) is 14.9. The zero-order chi connectivity index (χ0) is 40.5. The fraction of sp³-hybridized carbons (Fsp3) is 0.576. The van der Waals surface area contributed by atoms with Crippen molar-refractivity contribution in [3.8, 4) is 0 Å². The van der Waals surface area contributed by atoms with Gasteiger partial charge >= 0.3 is 53.8 Å². The Labute approximate surface area is 301 Å². The predicted octanol–water partition coefficient (Wildman–Crippen LogP) is 3.46. The zero-order valence-corrected chi connectivity index (χ0v) is 30.3. The van der Waals surface area contributed by atoms with E-state index in [0.717, 1.165) is 41.7 Å². The van der Waals surface area contributed by atoms with Crippen molar-refractivity contribution in [3.63, 3.8) is 0 Å². The molecule has 1 aliphatic heterocycles. The molecule has 0 aliphatic carbocycles. The van der Waals surface area contributed by atoms with E-state index in [2.05, 4.69) is 4.99 Å². The lowest BCUT2D eigenvalue weighted by atomic mass is 9.87. The van der Waals surface area contributed by atoms with E-state index in [0.29, 0.717) is 4.90 Å². The second-order valence-electron chi connectivity index (χ2n) is 12.4. The predicted molar refractivity (Wildman–Crippen MR) is 171 cm³/mol. The van der Waals surface area contributed by atoms with Gasteiger partial charge in [-0.1, -0.05) is 18.2 Å². The van der Waals surface area contributed by atoms with Crippen LogP contribution in [0.1, 0.15) is 61.8 Å². The fourth-order valence-electron chi connectivity index (χ4n) is 5.07. The van der Waals surface area contributed by atoms with Crippen molar-refractivity contribution in [2.24, 2.45) is 4.99 Å². The minimum absolute atomic E-state index is 0.302. The van der Waals surface area contributed by atoms with Crippen molar-refractivity contribution in [2.75, 3.05) is 13.7 Å². The molecule has 2 amide bonds. The van der Waals surface area contributed by atoms with E-state index in [4.69, 9.17) is 37.9 Å². The summed E-state index contributed by atoms with van der Waals surface area (Å²) in [6.45, 7) is 7.80. The molecule has 2 rings (SSSR count). The van der Waals surface area contributed by atoms with Gasteiger partial charge in [0.15, 0.2) is 12.2 Å². The van der Waals surface area contributed by atoms with Crippen LogP contribution in [0.25, 0.3) is 0 Å². The minimum Gasteiger partial charge on any atom is -0.464 e. The van der Waals surface area contributed by atoms with Crippen LogP contribution in [0.15, 0.2) is 35.3 Å². The van der Waals surface area contributed by atoms with Gasteiger partial charge in [-0.2, -0.15) is 13.2 Å². The van der Waals surface area contributed by atoms with E-state index in [1.165, 1.54) is 51.1 Å². The van der Waals surface area contributed by atoms with Gasteiger partial charge < -0.3 is 37.9 Å². The maximum absolute atomic E-state index is 14.6. The van der Waals surface area contributed by atoms with Crippen molar-refractivity contribution < 1.29 is 84.6 Å². The van der Waals surface area contributed by atoms with Gasteiger partial charge in [0.05, 0.1) is 19.2 Å². The van der Waals surface area contributed by atoms with Crippen molar-refractivity contribution in [1.82, 2.24) is 4.90 Å². The van der Waals surface area contributed by atoms with E-state index < -0.39 is 109 Å². The molecule has 0 radical (unpaired) electrons. The van der Waals surface area contributed by atoms with E-state index in [-0.39, 0.29) is 5.69 Å². The lowest BCUT2D eigenvalue weighted by Gasteiger charge is -2.50. The highest BCUT2D eigenvalue weighted by molar-refractivity contribution is 5.92. The number of nitrogens with zero attached hydrogens (tertiary/aromatic N) is 2. The van der Waals surface area contributed by atoms with Gasteiger partial charge in [0, 0.05) is 34.6 Å². The fourth-order valence-corrected chi connectivity index (χ4v) is 5.07. The number of benzene rings is 1. The number of carbonyl (C=O) groups is 7. The minimum atomic E-state index is -5.45. The number of amides is 2. The first-order valence-electron chi connectivity index (χ1n) is 15.7. The van der Waals surface area contributed by atoms with E-state index in [1.807, 2.05) is 0 Å². The number of hydrogen-bond acceptors (Lipinski definition) is 16. The first kappa shape index (κ1) is 43.9. The van der Waals surface area contributed by atoms with E-state index in [9.17, 15) is 46.7 Å². The van der Waals surface area contributed by atoms with Gasteiger partial charge in [-0.05, 0) is 32.9 Å². The third-order valence-electron chi connectivity index (χ3n) is 6.81. The highest BCUT2D eigenvalue weighted by Gasteiger charge is 2.64. The maximum atomic E-state index is 14.6. The summed E-state index contributed by atoms with van der Waals surface area (Å²) in [6, 6.07) is 4.47. The molecule has 0 aromatic heterocycles. The van der Waals surface area contributed by atoms with Crippen LogP contribution >= 0.6 is 0 Å². The van der Waals surface area contributed by atoms with Gasteiger partial charge in [-0.3, -0.25) is 24.0 Å². The summed E-state index contributed by atoms with van der Waals surface area (Å²) in [7, 11) is 0.745. The number of imide groups is 1. The molecule has 1 saturated heterocycles. The van der Waals surface area contributed by atoms with Gasteiger partial charge in [-0.15, -0.1) is 0 Å². The second-order valence-corrected chi connectivity index (χ2v) is 12.4. The highest BCUT2D eigenvalue weighted by Crippen LogP contribution is 2.41. The lowest BCUT2D eigenvalue weighted by molar-refractivity contribution is -0.304. The summed E-state index contributed by atoms with van der Waals surface area (Å²) >= 11 is 0. The van der Waals surface area contributed by atoms with Crippen LogP contribution in [0.4, 0.5) is 23.7 Å². The molecule has 17 nitrogen and oxygen atoms in total. The Morgan fingerprint density at radius 3 is 1.94 bits per heavy atom. The summed E-state index contributed by atoms with van der Waals surface area (Å²) in [5.74, 6) is -12.6. The molecule has 0 saturated carbocycles. The first-order valence-corrected chi connectivity index (χ1v) is 15.7. The number of aliphatic imine (C=N–C) groups is 1. The summed E-state index contributed by atoms with van der Waals surface area (Å²) in [4.78, 5) is 93.8. The zero-order valence-electron chi connectivity index (χ0n) is 30.3. The monoisotopic (exact) mass is 762 g/mol. The van der Waals surface area contributed by atoms with Gasteiger partial charge in [0.25, 0.3) is 0 Å². The largest absolute Gasteiger partial charge is 0.468 e. The number of ether oxygens (including phenoxy) is 8. The summed E-state index contributed by atoms with van der Waals surface area (Å²) in [5, 5.41) is 0. The molecule has 1 fully saturated rings. The van der Waals surface area contributed by atoms with Crippen LogP contribution in [0.3, 0.4) is 0 Å². The smallest absolute Gasteiger partial charge is 0.464 e. The average molecular weight is 763 g/mol. The van der Waals surface area contributed by atoms with E-state index in [1.54, 1.807) is 0 Å². The van der Waals surface area contributed by atoms with Crippen molar-refractivity contribution in [1.29, 1.82) is 0 Å². The van der Waals surface area contributed by atoms with Gasteiger partial charge in [0.2, 0.25) is 5.91 Å². The summed E-state index contributed by atoms with van der Waals surface area (Å²) in [5.41, 5.74) is -1.59. The molecular formula is C33H41F3N2O15. The molecule has 6 atom stereocenters. The summed E-state index contributed by atoms with van der Waals surface area (Å²) < 4.78 is 86.4. The molecule has 0 N–H and O–H groups in total. The quantitative estimate of drug-likeness (QED) is 0.137. The van der Waals surface area contributed by atoms with Crippen LogP contribution in [0.2, 0.25) is 0 Å². The third kappa shape index (κ3) is 12.7. The van der Waals surface area contributed by atoms with E-state index >= 15 is 0 Å². The Hall–Kier alpha value is -5.27. The molecule has 0 bridgehead atoms. The standard InChI is InChI=1S/C33H41F3N2O15/c1-17(39)38(30(45)53-31(6,7)8)25-23(48-19(3)41)15-32(29(44)46-9,52-28(33(34,35)36)37-22-13-11-10-12-14-22)51-27(25)26(50-21(5)43)24(49-20(4)42)16-47-18(2)40/h10-14,23-27H,15-16H2,1-9H3/t23-,24+,25+,26+,27+,32+/m0/s1. The number of hydrogen-bond donors (Lipinski definition) is 0. The molecule has 294 valence electrons. The second kappa shape index (κ2) is 18.0. The number of carbonyl (C=O) groups excluding carboxylic acids is 7. The molecule has 1 aromatic rings.